The van der Waals surface area contributed by atoms with E-state index in [0.29, 0.717) is 13.2 Å². The number of aryl methyl sites for hydroxylation is 1. The summed E-state index contributed by atoms with van der Waals surface area (Å²) in [6, 6.07) is 8.64. The highest BCUT2D eigenvalue weighted by molar-refractivity contribution is 5.27. The molecule has 0 heterocycles. The Hall–Kier alpha value is -1.02. The molecule has 1 aliphatic rings. The SMILES string of the molecule is CCCC1CCC(CCc2ccc(OCCOCC)cc2)CC1. The van der Waals surface area contributed by atoms with Crippen LogP contribution in [0, 0.1) is 11.8 Å². The number of ether oxygens (including phenoxy) is 2. The monoisotopic (exact) mass is 318 g/mol. The van der Waals surface area contributed by atoms with E-state index in [0.717, 1.165) is 24.2 Å². The molecule has 0 aromatic heterocycles. The van der Waals surface area contributed by atoms with Crippen LogP contribution in [0.25, 0.3) is 0 Å². The van der Waals surface area contributed by atoms with Gasteiger partial charge in [-0.05, 0) is 49.3 Å². The van der Waals surface area contributed by atoms with Crippen LogP contribution in [0.5, 0.6) is 5.75 Å². The lowest BCUT2D eigenvalue weighted by Gasteiger charge is -2.28. The molecule has 0 unspecified atom stereocenters. The first-order valence-electron chi connectivity index (χ1n) is 9.61. The smallest absolute Gasteiger partial charge is 0.119 e. The molecule has 0 saturated heterocycles. The average Bonchev–Trinajstić information content (AvgIpc) is 2.59. The van der Waals surface area contributed by atoms with E-state index in [-0.39, 0.29) is 0 Å². The van der Waals surface area contributed by atoms with Gasteiger partial charge >= 0.3 is 0 Å². The molecule has 1 saturated carbocycles. The molecule has 0 bridgehead atoms. The van der Waals surface area contributed by atoms with Crippen LogP contribution in [0.3, 0.4) is 0 Å². The fourth-order valence-electron chi connectivity index (χ4n) is 3.70. The van der Waals surface area contributed by atoms with E-state index in [4.69, 9.17) is 9.47 Å². The summed E-state index contributed by atoms with van der Waals surface area (Å²) in [6.07, 6.45) is 11.2. The average molecular weight is 319 g/mol. The van der Waals surface area contributed by atoms with E-state index in [2.05, 4.69) is 31.2 Å². The minimum atomic E-state index is 0.633. The molecule has 0 spiro atoms. The van der Waals surface area contributed by atoms with Crippen LogP contribution in [0.4, 0.5) is 0 Å². The number of rotatable bonds is 10. The second-order valence-corrected chi connectivity index (χ2v) is 6.90. The van der Waals surface area contributed by atoms with Crippen molar-refractivity contribution >= 4 is 0 Å². The fraction of sp³-hybridized carbons (Fsp3) is 0.714. The molecule has 0 N–H and O–H groups in total. The first kappa shape index (κ1) is 18.3. The maximum Gasteiger partial charge on any atom is 0.119 e. The van der Waals surface area contributed by atoms with Gasteiger partial charge in [0.05, 0.1) is 6.61 Å². The largest absolute Gasteiger partial charge is 0.491 e. The van der Waals surface area contributed by atoms with Gasteiger partial charge in [-0.2, -0.15) is 0 Å². The highest BCUT2D eigenvalue weighted by Gasteiger charge is 2.20. The van der Waals surface area contributed by atoms with E-state index in [1.807, 2.05) is 6.92 Å². The third kappa shape index (κ3) is 6.95. The van der Waals surface area contributed by atoms with Gasteiger partial charge in [-0.15, -0.1) is 0 Å². The molecule has 1 aliphatic carbocycles. The maximum absolute atomic E-state index is 5.67. The zero-order valence-electron chi connectivity index (χ0n) is 15.1. The summed E-state index contributed by atoms with van der Waals surface area (Å²) in [6.45, 7) is 6.37. The summed E-state index contributed by atoms with van der Waals surface area (Å²) in [7, 11) is 0. The molecular weight excluding hydrogens is 284 g/mol. The van der Waals surface area contributed by atoms with E-state index in [9.17, 15) is 0 Å². The van der Waals surface area contributed by atoms with Gasteiger partial charge in [-0.3, -0.25) is 0 Å². The molecule has 1 aromatic carbocycles. The van der Waals surface area contributed by atoms with Crippen LogP contribution in [0.2, 0.25) is 0 Å². The van der Waals surface area contributed by atoms with Gasteiger partial charge in [-0.25, -0.2) is 0 Å². The number of hydrogen-bond acceptors (Lipinski definition) is 2. The van der Waals surface area contributed by atoms with Crippen LogP contribution in [-0.2, 0) is 11.2 Å². The molecule has 2 rings (SSSR count). The zero-order chi connectivity index (χ0) is 16.3. The molecule has 130 valence electrons. The summed E-state index contributed by atoms with van der Waals surface area (Å²) in [4.78, 5) is 0. The van der Waals surface area contributed by atoms with Gasteiger partial charge in [-0.1, -0.05) is 57.6 Å². The van der Waals surface area contributed by atoms with Crippen molar-refractivity contribution in [1.82, 2.24) is 0 Å². The summed E-state index contributed by atoms with van der Waals surface area (Å²) in [5, 5.41) is 0. The second kappa shape index (κ2) is 10.7. The highest BCUT2D eigenvalue weighted by atomic mass is 16.5. The summed E-state index contributed by atoms with van der Waals surface area (Å²) in [5.41, 5.74) is 1.44. The van der Waals surface area contributed by atoms with Gasteiger partial charge in [0, 0.05) is 6.61 Å². The molecule has 0 amide bonds. The van der Waals surface area contributed by atoms with Gasteiger partial charge in [0.1, 0.15) is 12.4 Å². The summed E-state index contributed by atoms with van der Waals surface area (Å²) in [5.74, 6) is 2.92. The Morgan fingerprint density at radius 1 is 0.870 bits per heavy atom. The van der Waals surface area contributed by atoms with Crippen molar-refractivity contribution in [3.05, 3.63) is 29.8 Å². The molecule has 2 heteroatoms. The van der Waals surface area contributed by atoms with Crippen LogP contribution < -0.4 is 4.74 Å². The first-order valence-corrected chi connectivity index (χ1v) is 9.61. The molecule has 2 nitrogen and oxygen atoms in total. The third-order valence-electron chi connectivity index (χ3n) is 5.13. The molecule has 23 heavy (non-hydrogen) atoms. The Morgan fingerprint density at radius 3 is 2.13 bits per heavy atom. The normalized spacial score (nSPS) is 21.3. The lowest BCUT2D eigenvalue weighted by molar-refractivity contribution is 0.110. The van der Waals surface area contributed by atoms with Crippen molar-refractivity contribution in [3.8, 4) is 5.75 Å². The molecular formula is C21H34O2. The van der Waals surface area contributed by atoms with E-state index >= 15 is 0 Å². The van der Waals surface area contributed by atoms with Gasteiger partial charge in [0.25, 0.3) is 0 Å². The minimum absolute atomic E-state index is 0.633. The van der Waals surface area contributed by atoms with Crippen LogP contribution in [0.1, 0.15) is 64.4 Å². The lowest BCUT2D eigenvalue weighted by atomic mass is 9.78. The summed E-state index contributed by atoms with van der Waals surface area (Å²) < 4.78 is 10.9. The van der Waals surface area contributed by atoms with E-state index < -0.39 is 0 Å². The topological polar surface area (TPSA) is 18.5 Å². The second-order valence-electron chi connectivity index (χ2n) is 6.90. The Bertz CT molecular complexity index is 404. The van der Waals surface area contributed by atoms with Crippen molar-refractivity contribution in [2.24, 2.45) is 11.8 Å². The Balaban J connectivity index is 1.64. The number of benzene rings is 1. The van der Waals surface area contributed by atoms with Crippen molar-refractivity contribution in [2.45, 2.75) is 65.2 Å². The van der Waals surface area contributed by atoms with Crippen molar-refractivity contribution < 1.29 is 9.47 Å². The van der Waals surface area contributed by atoms with Crippen LogP contribution in [0.15, 0.2) is 24.3 Å². The minimum Gasteiger partial charge on any atom is -0.491 e. The Labute approximate surface area is 142 Å². The number of hydrogen-bond donors (Lipinski definition) is 0. The van der Waals surface area contributed by atoms with Crippen molar-refractivity contribution in [1.29, 1.82) is 0 Å². The van der Waals surface area contributed by atoms with Crippen LogP contribution >= 0.6 is 0 Å². The fourth-order valence-corrected chi connectivity index (χ4v) is 3.70. The Morgan fingerprint density at radius 2 is 1.52 bits per heavy atom. The highest BCUT2D eigenvalue weighted by Crippen LogP contribution is 2.33. The molecule has 1 fully saturated rings. The van der Waals surface area contributed by atoms with Gasteiger partial charge in [0.15, 0.2) is 0 Å². The predicted octanol–water partition coefficient (Wildman–Crippen LogP) is 5.64. The van der Waals surface area contributed by atoms with Crippen molar-refractivity contribution in [2.75, 3.05) is 19.8 Å². The predicted molar refractivity (Wildman–Crippen MR) is 97.1 cm³/mol. The van der Waals surface area contributed by atoms with Gasteiger partial charge in [0.2, 0.25) is 0 Å². The lowest BCUT2D eigenvalue weighted by Crippen LogP contribution is -2.15. The van der Waals surface area contributed by atoms with Crippen molar-refractivity contribution in [3.63, 3.8) is 0 Å². The third-order valence-corrected chi connectivity index (χ3v) is 5.13. The summed E-state index contributed by atoms with van der Waals surface area (Å²) >= 11 is 0. The Kier molecular flexibility index (Phi) is 8.52. The zero-order valence-corrected chi connectivity index (χ0v) is 15.1. The van der Waals surface area contributed by atoms with E-state index in [1.165, 1.54) is 56.9 Å². The molecule has 0 atom stereocenters. The molecule has 1 aromatic rings. The maximum atomic E-state index is 5.67. The van der Waals surface area contributed by atoms with Crippen LogP contribution in [-0.4, -0.2) is 19.8 Å². The molecule has 0 radical (unpaired) electrons. The van der Waals surface area contributed by atoms with E-state index in [1.54, 1.807) is 0 Å². The van der Waals surface area contributed by atoms with Gasteiger partial charge < -0.3 is 9.47 Å². The first-order chi connectivity index (χ1) is 11.3. The standard InChI is InChI=1S/C21H34O2/c1-3-5-18-6-8-19(9-7-18)10-11-20-12-14-21(15-13-20)23-17-16-22-4-2/h12-15,18-19H,3-11,16-17H2,1-2H3. The quantitative estimate of drug-likeness (QED) is 0.520. The molecule has 0 aliphatic heterocycles.